The number of hydrogen-bond acceptors (Lipinski definition) is 4. The number of carbonyl (C=O) groups excluding carboxylic acids is 2. The molecule has 3 N–H and O–H groups in total. The zero-order chi connectivity index (χ0) is 15.4. The molecule has 2 rings (SSSR count). The number of carbonyl (C=O) groups is 3. The number of anilines is 1. The summed E-state index contributed by atoms with van der Waals surface area (Å²) in [6.07, 6.45) is -0.00559. The second-order valence-corrected chi connectivity index (χ2v) is 4.96. The molecule has 0 aromatic heterocycles. The Morgan fingerprint density at radius 1 is 1.48 bits per heavy atom. The Balaban J connectivity index is 1.98. The minimum absolute atomic E-state index is 0.00559. The summed E-state index contributed by atoms with van der Waals surface area (Å²) in [7, 11) is 0. The van der Waals surface area contributed by atoms with Crippen molar-refractivity contribution in [2.24, 2.45) is 5.92 Å². The maximum atomic E-state index is 12.0. The van der Waals surface area contributed by atoms with Gasteiger partial charge in [-0.1, -0.05) is 6.92 Å². The second-order valence-electron chi connectivity index (χ2n) is 4.96. The molecule has 1 aromatic carbocycles. The van der Waals surface area contributed by atoms with Crippen molar-refractivity contribution in [3.05, 3.63) is 23.8 Å². The van der Waals surface area contributed by atoms with E-state index < -0.39 is 5.97 Å². The summed E-state index contributed by atoms with van der Waals surface area (Å²) in [5, 5.41) is 13.9. The van der Waals surface area contributed by atoms with Gasteiger partial charge in [-0.25, -0.2) is 0 Å². The number of amides is 2. The van der Waals surface area contributed by atoms with Crippen LogP contribution in [0.2, 0.25) is 0 Å². The molecule has 1 unspecified atom stereocenters. The quantitative estimate of drug-likeness (QED) is 0.746. The van der Waals surface area contributed by atoms with E-state index >= 15 is 0 Å². The first kappa shape index (κ1) is 14.8. The molecule has 7 nitrogen and oxygen atoms in total. The molecule has 2 amide bonds. The van der Waals surface area contributed by atoms with Crippen molar-refractivity contribution in [1.82, 2.24) is 5.32 Å². The topological polar surface area (TPSA) is 105 Å². The second kappa shape index (κ2) is 6.25. The molecule has 7 heteroatoms. The highest BCUT2D eigenvalue weighted by atomic mass is 16.5. The molecule has 1 aromatic rings. The molecule has 0 radical (unpaired) electrons. The number of benzene rings is 1. The van der Waals surface area contributed by atoms with Crippen LogP contribution in [0.4, 0.5) is 5.69 Å². The average molecular weight is 292 g/mol. The van der Waals surface area contributed by atoms with Crippen LogP contribution in [0.15, 0.2) is 18.2 Å². The smallest absolute Gasteiger partial charge is 0.303 e. The molecule has 1 aliphatic heterocycles. The number of fused-ring (bicyclic) bond motifs is 1. The lowest BCUT2D eigenvalue weighted by Gasteiger charge is -2.18. The number of aliphatic carboxylic acids is 1. The van der Waals surface area contributed by atoms with Gasteiger partial charge in [0.2, 0.25) is 0 Å². The Bertz CT molecular complexity index is 585. The van der Waals surface area contributed by atoms with E-state index in [2.05, 4.69) is 10.6 Å². The summed E-state index contributed by atoms with van der Waals surface area (Å²) < 4.78 is 5.20. The predicted molar refractivity (Wildman–Crippen MR) is 74.3 cm³/mol. The molecule has 21 heavy (non-hydrogen) atoms. The molecule has 0 bridgehead atoms. The van der Waals surface area contributed by atoms with Crippen molar-refractivity contribution in [2.45, 2.75) is 13.3 Å². The third-order valence-corrected chi connectivity index (χ3v) is 3.01. The Labute approximate surface area is 121 Å². The van der Waals surface area contributed by atoms with Crippen LogP contribution in [0.25, 0.3) is 0 Å². The van der Waals surface area contributed by atoms with Crippen LogP contribution in [0.1, 0.15) is 23.7 Å². The van der Waals surface area contributed by atoms with E-state index in [-0.39, 0.29) is 37.3 Å². The summed E-state index contributed by atoms with van der Waals surface area (Å²) in [5.41, 5.74) is 0.833. The molecular formula is C14H16N2O5. The SMILES string of the molecule is CC(CNC(=O)c1ccc2c(c1)NC(=O)CO2)CC(=O)O. The predicted octanol–water partition coefficient (Wildman–Crippen LogP) is 0.858. The van der Waals surface area contributed by atoms with Crippen molar-refractivity contribution >= 4 is 23.5 Å². The lowest BCUT2D eigenvalue weighted by Crippen LogP contribution is -2.30. The molecule has 0 saturated heterocycles. The minimum atomic E-state index is -0.898. The summed E-state index contributed by atoms with van der Waals surface area (Å²) in [5.74, 6) is -1.13. The van der Waals surface area contributed by atoms with Gasteiger partial charge in [-0.3, -0.25) is 14.4 Å². The minimum Gasteiger partial charge on any atom is -0.482 e. The number of nitrogens with one attached hydrogen (secondary N) is 2. The van der Waals surface area contributed by atoms with Crippen LogP contribution in [0.5, 0.6) is 5.75 Å². The molecule has 1 heterocycles. The molecule has 0 spiro atoms. The van der Waals surface area contributed by atoms with Gasteiger partial charge in [0.15, 0.2) is 6.61 Å². The standard InChI is InChI=1S/C14H16N2O5/c1-8(4-13(18)19)6-15-14(20)9-2-3-11-10(5-9)16-12(17)7-21-11/h2-3,5,8H,4,6-7H2,1H3,(H,15,20)(H,16,17)(H,18,19). The summed E-state index contributed by atoms with van der Waals surface area (Å²) >= 11 is 0. The fourth-order valence-electron chi connectivity index (χ4n) is 1.96. The maximum Gasteiger partial charge on any atom is 0.303 e. The zero-order valence-electron chi connectivity index (χ0n) is 11.5. The fourth-order valence-corrected chi connectivity index (χ4v) is 1.96. The van der Waals surface area contributed by atoms with Gasteiger partial charge in [-0.2, -0.15) is 0 Å². The van der Waals surface area contributed by atoms with E-state index in [1.165, 1.54) is 6.07 Å². The Morgan fingerprint density at radius 3 is 2.95 bits per heavy atom. The largest absolute Gasteiger partial charge is 0.482 e. The highest BCUT2D eigenvalue weighted by Gasteiger charge is 2.18. The zero-order valence-corrected chi connectivity index (χ0v) is 11.5. The van der Waals surface area contributed by atoms with Gasteiger partial charge in [-0.15, -0.1) is 0 Å². The fraction of sp³-hybridized carbons (Fsp3) is 0.357. The van der Waals surface area contributed by atoms with E-state index in [9.17, 15) is 14.4 Å². The highest BCUT2D eigenvalue weighted by molar-refractivity contribution is 5.99. The van der Waals surface area contributed by atoms with Crippen molar-refractivity contribution < 1.29 is 24.2 Å². The van der Waals surface area contributed by atoms with Crippen molar-refractivity contribution in [3.63, 3.8) is 0 Å². The number of ether oxygens (including phenoxy) is 1. The monoisotopic (exact) mass is 292 g/mol. The molecule has 0 aliphatic carbocycles. The lowest BCUT2D eigenvalue weighted by atomic mass is 10.1. The number of carboxylic acids is 1. The van der Waals surface area contributed by atoms with Gasteiger partial charge in [0.1, 0.15) is 5.75 Å². The van der Waals surface area contributed by atoms with E-state index in [0.717, 1.165) is 0 Å². The van der Waals surface area contributed by atoms with Gasteiger partial charge in [0, 0.05) is 18.5 Å². The highest BCUT2D eigenvalue weighted by Crippen LogP contribution is 2.28. The number of hydrogen-bond donors (Lipinski definition) is 3. The van der Waals surface area contributed by atoms with Gasteiger partial charge in [0.05, 0.1) is 5.69 Å². The van der Waals surface area contributed by atoms with Gasteiger partial charge in [-0.05, 0) is 24.1 Å². The average Bonchev–Trinajstić information content (AvgIpc) is 2.43. The summed E-state index contributed by atoms with van der Waals surface area (Å²) in [6, 6.07) is 4.74. The van der Waals surface area contributed by atoms with E-state index in [4.69, 9.17) is 9.84 Å². The molecule has 0 saturated carbocycles. The molecular weight excluding hydrogens is 276 g/mol. The molecule has 0 fully saturated rings. The Kier molecular flexibility index (Phi) is 4.42. The first-order chi connectivity index (χ1) is 9.95. The Hall–Kier alpha value is -2.57. The van der Waals surface area contributed by atoms with Gasteiger partial charge >= 0.3 is 5.97 Å². The summed E-state index contributed by atoms with van der Waals surface area (Å²) in [6.45, 7) is 1.98. The van der Waals surface area contributed by atoms with Gasteiger partial charge in [0.25, 0.3) is 11.8 Å². The van der Waals surface area contributed by atoms with Crippen molar-refractivity contribution in [2.75, 3.05) is 18.5 Å². The van der Waals surface area contributed by atoms with Crippen LogP contribution in [-0.4, -0.2) is 36.0 Å². The lowest BCUT2D eigenvalue weighted by molar-refractivity contribution is -0.137. The van der Waals surface area contributed by atoms with Gasteiger partial charge < -0.3 is 20.5 Å². The first-order valence-electron chi connectivity index (χ1n) is 6.52. The van der Waals surface area contributed by atoms with Crippen LogP contribution >= 0.6 is 0 Å². The van der Waals surface area contributed by atoms with E-state index in [1.54, 1.807) is 19.1 Å². The van der Waals surface area contributed by atoms with Crippen molar-refractivity contribution in [1.29, 1.82) is 0 Å². The third kappa shape index (κ3) is 3.95. The van der Waals surface area contributed by atoms with Crippen LogP contribution in [0, 0.1) is 5.92 Å². The van der Waals surface area contributed by atoms with Crippen LogP contribution in [0.3, 0.4) is 0 Å². The third-order valence-electron chi connectivity index (χ3n) is 3.01. The number of carboxylic acid groups (broad SMARTS) is 1. The van der Waals surface area contributed by atoms with Crippen LogP contribution < -0.4 is 15.4 Å². The first-order valence-corrected chi connectivity index (χ1v) is 6.52. The van der Waals surface area contributed by atoms with E-state index in [0.29, 0.717) is 17.0 Å². The van der Waals surface area contributed by atoms with E-state index in [1.807, 2.05) is 0 Å². The maximum absolute atomic E-state index is 12.0. The normalized spacial score (nSPS) is 14.4. The van der Waals surface area contributed by atoms with Crippen molar-refractivity contribution in [3.8, 4) is 5.75 Å². The van der Waals surface area contributed by atoms with Crippen LogP contribution in [-0.2, 0) is 9.59 Å². The Morgan fingerprint density at radius 2 is 2.24 bits per heavy atom. The number of rotatable bonds is 5. The summed E-state index contributed by atoms with van der Waals surface area (Å²) in [4.78, 5) is 33.8. The molecule has 1 atom stereocenters. The molecule has 112 valence electrons. The molecule has 1 aliphatic rings.